The molecule has 0 unspecified atom stereocenters. The lowest BCUT2D eigenvalue weighted by Crippen LogP contribution is -2.59. The van der Waals surface area contributed by atoms with E-state index in [2.05, 4.69) is 10.3 Å². The van der Waals surface area contributed by atoms with Crippen LogP contribution in [0.4, 0.5) is 0 Å². The summed E-state index contributed by atoms with van der Waals surface area (Å²) in [6.45, 7) is 1.32. The van der Waals surface area contributed by atoms with E-state index in [0.717, 1.165) is 11.4 Å². The van der Waals surface area contributed by atoms with Crippen molar-refractivity contribution in [2.75, 3.05) is 24.6 Å². The van der Waals surface area contributed by atoms with Gasteiger partial charge in [-0.3, -0.25) is 4.79 Å². The Morgan fingerprint density at radius 3 is 2.84 bits per heavy atom. The highest BCUT2D eigenvalue weighted by atomic mass is 32.2. The van der Waals surface area contributed by atoms with E-state index in [1.54, 1.807) is 17.3 Å². The first kappa shape index (κ1) is 16.3. The summed E-state index contributed by atoms with van der Waals surface area (Å²) in [5, 5.41) is 3.23. The summed E-state index contributed by atoms with van der Waals surface area (Å²) in [5.74, 6) is 0.830. The lowest BCUT2D eigenvalue weighted by molar-refractivity contribution is -0.135. The van der Waals surface area contributed by atoms with Gasteiger partial charge in [0.25, 0.3) is 0 Å². The number of nitrogens with zero attached hydrogens (tertiary/aromatic N) is 3. The van der Waals surface area contributed by atoms with Gasteiger partial charge in [-0.1, -0.05) is 30.3 Å². The molecule has 2 aliphatic rings. The Labute approximate surface area is 146 Å². The molecule has 0 bridgehead atoms. The van der Waals surface area contributed by atoms with Crippen LogP contribution in [-0.4, -0.2) is 65.5 Å². The van der Waals surface area contributed by atoms with Gasteiger partial charge in [-0.15, -0.1) is 0 Å². The minimum absolute atomic E-state index is 0.0475. The number of benzene rings is 1. The van der Waals surface area contributed by atoms with E-state index < -0.39 is 9.84 Å². The van der Waals surface area contributed by atoms with Gasteiger partial charge in [-0.25, -0.2) is 13.4 Å². The molecule has 1 aromatic heterocycles. The number of carbonyl (C=O) groups is 1. The van der Waals surface area contributed by atoms with Crippen LogP contribution in [0.15, 0.2) is 42.7 Å². The van der Waals surface area contributed by atoms with Gasteiger partial charge in [-0.2, -0.15) is 0 Å². The Hall–Kier alpha value is -2.19. The zero-order chi connectivity index (χ0) is 17.4. The Kier molecular flexibility index (Phi) is 4.09. The van der Waals surface area contributed by atoms with Crippen molar-refractivity contribution in [2.24, 2.45) is 0 Å². The fraction of sp³-hybridized carbons (Fsp3) is 0.412. The minimum atomic E-state index is -3.08. The number of carbonyl (C=O) groups excluding carboxylic acids is 1. The van der Waals surface area contributed by atoms with Gasteiger partial charge in [-0.05, 0) is 0 Å². The highest BCUT2D eigenvalue weighted by Crippen LogP contribution is 2.22. The maximum absolute atomic E-state index is 12.9. The van der Waals surface area contributed by atoms with Crippen LogP contribution in [0.2, 0.25) is 0 Å². The maximum Gasteiger partial charge on any atom is 0.242 e. The van der Waals surface area contributed by atoms with Gasteiger partial charge in [0.15, 0.2) is 9.84 Å². The highest BCUT2D eigenvalue weighted by Gasteiger charge is 2.44. The number of aromatic nitrogens is 2. The lowest BCUT2D eigenvalue weighted by Gasteiger charge is -2.37. The molecule has 7 nitrogen and oxygen atoms in total. The SMILES string of the molecule is O=C(Cn1ccnc1-c1ccccc1)N1CCN[C@H]2CS(=O)(=O)C[C@H]21. The van der Waals surface area contributed by atoms with Gasteiger partial charge < -0.3 is 14.8 Å². The molecular weight excluding hydrogens is 340 g/mol. The maximum atomic E-state index is 12.9. The number of rotatable bonds is 3. The third-order valence-electron chi connectivity index (χ3n) is 4.86. The zero-order valence-electron chi connectivity index (χ0n) is 13.7. The van der Waals surface area contributed by atoms with Crippen molar-refractivity contribution in [3.05, 3.63) is 42.7 Å². The lowest BCUT2D eigenvalue weighted by atomic mass is 10.1. The second kappa shape index (κ2) is 6.27. The van der Waals surface area contributed by atoms with Crippen molar-refractivity contribution in [2.45, 2.75) is 18.6 Å². The summed E-state index contributed by atoms with van der Waals surface area (Å²) >= 11 is 0. The van der Waals surface area contributed by atoms with E-state index in [1.807, 2.05) is 34.9 Å². The van der Waals surface area contributed by atoms with Crippen molar-refractivity contribution in [1.29, 1.82) is 0 Å². The number of hydrogen-bond donors (Lipinski definition) is 1. The van der Waals surface area contributed by atoms with Crippen molar-refractivity contribution < 1.29 is 13.2 Å². The van der Waals surface area contributed by atoms with Crippen LogP contribution < -0.4 is 5.32 Å². The van der Waals surface area contributed by atoms with Crippen LogP contribution in [0.25, 0.3) is 11.4 Å². The van der Waals surface area contributed by atoms with Gasteiger partial charge in [0, 0.05) is 37.1 Å². The van der Waals surface area contributed by atoms with Crippen molar-refractivity contribution in [3.63, 3.8) is 0 Å². The Balaban J connectivity index is 1.54. The van der Waals surface area contributed by atoms with Crippen molar-refractivity contribution >= 4 is 15.7 Å². The normalized spacial score (nSPS) is 24.9. The predicted octanol–water partition coefficient (Wildman–Crippen LogP) is 0.148. The van der Waals surface area contributed by atoms with E-state index in [1.165, 1.54) is 0 Å². The Morgan fingerprint density at radius 2 is 2.04 bits per heavy atom. The summed E-state index contributed by atoms with van der Waals surface area (Å²) in [4.78, 5) is 18.9. The van der Waals surface area contributed by atoms with E-state index >= 15 is 0 Å². The number of nitrogens with one attached hydrogen (secondary N) is 1. The first-order valence-corrected chi connectivity index (χ1v) is 10.2. The quantitative estimate of drug-likeness (QED) is 0.842. The zero-order valence-corrected chi connectivity index (χ0v) is 14.5. The van der Waals surface area contributed by atoms with Crippen molar-refractivity contribution in [3.8, 4) is 11.4 Å². The molecule has 25 heavy (non-hydrogen) atoms. The van der Waals surface area contributed by atoms with Gasteiger partial charge in [0.2, 0.25) is 5.91 Å². The van der Waals surface area contributed by atoms with Crippen LogP contribution >= 0.6 is 0 Å². The van der Waals surface area contributed by atoms with E-state index in [-0.39, 0.29) is 36.0 Å². The number of imidazole rings is 1. The molecule has 4 rings (SSSR count). The minimum Gasteiger partial charge on any atom is -0.334 e. The molecule has 0 radical (unpaired) electrons. The molecular formula is C17H20N4O3S. The van der Waals surface area contributed by atoms with Crippen LogP contribution in [-0.2, 0) is 21.2 Å². The third kappa shape index (κ3) is 3.19. The van der Waals surface area contributed by atoms with E-state index in [9.17, 15) is 13.2 Å². The van der Waals surface area contributed by atoms with E-state index in [4.69, 9.17) is 0 Å². The van der Waals surface area contributed by atoms with Crippen LogP contribution in [0.3, 0.4) is 0 Å². The largest absolute Gasteiger partial charge is 0.334 e. The fourth-order valence-electron chi connectivity index (χ4n) is 3.70. The molecule has 132 valence electrons. The molecule has 0 spiro atoms. The number of fused-ring (bicyclic) bond motifs is 1. The van der Waals surface area contributed by atoms with Crippen LogP contribution in [0.1, 0.15) is 0 Å². The Bertz CT molecular complexity index is 878. The molecule has 2 saturated heterocycles. The van der Waals surface area contributed by atoms with Crippen molar-refractivity contribution in [1.82, 2.24) is 19.8 Å². The molecule has 0 aliphatic carbocycles. The summed E-state index contributed by atoms with van der Waals surface area (Å²) in [7, 11) is -3.08. The number of amides is 1. The molecule has 0 saturated carbocycles. The predicted molar refractivity (Wildman–Crippen MR) is 93.6 cm³/mol. The summed E-state index contributed by atoms with van der Waals surface area (Å²) in [5.41, 5.74) is 0.946. The monoisotopic (exact) mass is 360 g/mol. The number of piperazine rings is 1. The van der Waals surface area contributed by atoms with E-state index in [0.29, 0.717) is 13.1 Å². The molecule has 2 aliphatic heterocycles. The Morgan fingerprint density at radius 1 is 1.24 bits per heavy atom. The van der Waals surface area contributed by atoms with Crippen LogP contribution in [0, 0.1) is 0 Å². The molecule has 8 heteroatoms. The first-order valence-electron chi connectivity index (χ1n) is 8.33. The fourth-order valence-corrected chi connectivity index (χ4v) is 5.65. The average molecular weight is 360 g/mol. The van der Waals surface area contributed by atoms with Gasteiger partial charge in [0.1, 0.15) is 12.4 Å². The smallest absolute Gasteiger partial charge is 0.242 e. The highest BCUT2D eigenvalue weighted by molar-refractivity contribution is 7.91. The molecule has 2 fully saturated rings. The first-order chi connectivity index (χ1) is 12.0. The second-order valence-electron chi connectivity index (χ2n) is 6.54. The molecule has 1 aromatic carbocycles. The number of sulfone groups is 1. The molecule has 1 amide bonds. The third-order valence-corrected chi connectivity index (χ3v) is 6.57. The average Bonchev–Trinajstić information content (AvgIpc) is 3.17. The molecule has 2 atom stereocenters. The second-order valence-corrected chi connectivity index (χ2v) is 8.69. The molecule has 3 heterocycles. The standard InChI is InChI=1S/C17H20N4O3S/c22-16(21-9-7-18-14-11-25(23,24)12-15(14)21)10-20-8-6-19-17(20)13-4-2-1-3-5-13/h1-6,8,14-15,18H,7,9-12H2/t14-,15+/m0/s1. The summed E-state index contributed by atoms with van der Waals surface area (Å²) in [6.07, 6.45) is 3.46. The van der Waals surface area contributed by atoms with Gasteiger partial charge in [0.05, 0.1) is 17.5 Å². The summed E-state index contributed by atoms with van der Waals surface area (Å²) < 4.78 is 25.7. The topological polar surface area (TPSA) is 84.3 Å². The van der Waals surface area contributed by atoms with Gasteiger partial charge >= 0.3 is 0 Å². The van der Waals surface area contributed by atoms with Crippen LogP contribution in [0.5, 0.6) is 0 Å². The number of hydrogen-bond acceptors (Lipinski definition) is 5. The molecule has 1 N–H and O–H groups in total. The summed E-state index contributed by atoms with van der Waals surface area (Å²) in [6, 6.07) is 9.28. The molecule has 2 aromatic rings.